The smallest absolute Gasteiger partial charge is 0.220 e. The SMILES string of the molecule is CC/C=C\C/C=C\C/C=C\C/C=C\CCCCCCCCCCCCCCCCCCCCCCCCCCCCC(=O)NC(COC1OC(CO)C(OC2OC(CO)C(OC3OC(CO)C(O)C(O)C3O)C(O)C2O)C(O)C1O)C(O)/C=C/CC/C=C/CC/C=C/CCCCCCCCCCCCCCCCCCCCCCC. The van der Waals surface area contributed by atoms with Crippen molar-refractivity contribution < 1.29 is 89.4 Å². The first-order chi connectivity index (χ1) is 56.3. The topological polar surface area (TPSA) is 307 Å². The Morgan fingerprint density at radius 3 is 0.974 bits per heavy atom. The number of hydrogen-bond acceptors (Lipinski definition) is 18. The monoisotopic (exact) mass is 1630 g/mol. The molecule has 0 aromatic heterocycles. The van der Waals surface area contributed by atoms with E-state index in [4.69, 9.17) is 28.4 Å². The largest absolute Gasteiger partial charge is 0.394 e. The lowest BCUT2D eigenvalue weighted by molar-refractivity contribution is -0.379. The van der Waals surface area contributed by atoms with Crippen LogP contribution in [0.1, 0.15) is 386 Å². The van der Waals surface area contributed by atoms with Crippen molar-refractivity contribution in [2.75, 3.05) is 26.4 Å². The molecule has 3 saturated heterocycles. The summed E-state index contributed by atoms with van der Waals surface area (Å²) in [6.45, 7) is 1.65. The molecule has 670 valence electrons. The molecule has 0 bridgehead atoms. The van der Waals surface area contributed by atoms with Gasteiger partial charge < -0.3 is 89.9 Å². The van der Waals surface area contributed by atoms with Crippen molar-refractivity contribution in [3.63, 3.8) is 0 Å². The van der Waals surface area contributed by atoms with Gasteiger partial charge in [0.25, 0.3) is 0 Å². The second-order valence-corrected chi connectivity index (χ2v) is 33.4. The summed E-state index contributed by atoms with van der Waals surface area (Å²) in [5.41, 5.74) is 0. The third-order valence-corrected chi connectivity index (χ3v) is 23.2. The highest BCUT2D eigenvalue weighted by Gasteiger charge is 2.54. The van der Waals surface area contributed by atoms with Gasteiger partial charge in [0.1, 0.15) is 73.2 Å². The number of rotatable bonds is 77. The van der Waals surface area contributed by atoms with E-state index in [0.29, 0.717) is 12.8 Å². The maximum Gasteiger partial charge on any atom is 0.220 e. The Morgan fingerprint density at radius 1 is 0.322 bits per heavy atom. The van der Waals surface area contributed by atoms with Crippen LogP contribution in [0.5, 0.6) is 0 Å². The predicted octanol–water partition coefficient (Wildman–Crippen LogP) is 18.9. The maximum absolute atomic E-state index is 13.5. The van der Waals surface area contributed by atoms with Gasteiger partial charge in [-0.15, -0.1) is 0 Å². The molecular formula is C96H173NO18. The van der Waals surface area contributed by atoms with E-state index in [1.807, 2.05) is 6.08 Å². The Balaban J connectivity index is 1.31. The molecule has 3 aliphatic heterocycles. The highest BCUT2D eigenvalue weighted by Crippen LogP contribution is 2.34. The average molecular weight is 1630 g/mol. The Hall–Kier alpha value is -3.03. The summed E-state index contributed by atoms with van der Waals surface area (Å²) in [5, 5.41) is 121. The van der Waals surface area contributed by atoms with Crippen LogP contribution in [0.25, 0.3) is 0 Å². The fraction of sp³-hybridized carbons (Fsp3) is 0.844. The van der Waals surface area contributed by atoms with Crippen LogP contribution in [0.15, 0.2) is 85.1 Å². The molecule has 19 nitrogen and oxygen atoms in total. The van der Waals surface area contributed by atoms with Crippen LogP contribution >= 0.6 is 0 Å². The quantitative estimate of drug-likeness (QED) is 0.0199. The van der Waals surface area contributed by atoms with Gasteiger partial charge in [-0.1, -0.05) is 381 Å². The Kier molecular flexibility index (Phi) is 69.0. The summed E-state index contributed by atoms with van der Waals surface area (Å²) in [5.74, 6) is -0.283. The van der Waals surface area contributed by atoms with Crippen molar-refractivity contribution >= 4 is 5.91 Å². The normalized spacial score (nSPS) is 25.0. The van der Waals surface area contributed by atoms with Gasteiger partial charge in [0.05, 0.1) is 38.6 Å². The van der Waals surface area contributed by atoms with Gasteiger partial charge in [-0.05, 0) is 83.5 Å². The molecule has 3 fully saturated rings. The van der Waals surface area contributed by atoms with E-state index in [0.717, 1.165) is 70.6 Å². The van der Waals surface area contributed by atoms with Crippen molar-refractivity contribution in [2.24, 2.45) is 0 Å². The molecule has 12 N–H and O–H groups in total. The minimum Gasteiger partial charge on any atom is -0.394 e. The zero-order valence-corrected chi connectivity index (χ0v) is 72.5. The molecule has 0 saturated carbocycles. The Labute approximate surface area is 699 Å². The summed E-state index contributed by atoms with van der Waals surface area (Å²) in [6, 6.07) is -1.00. The lowest BCUT2D eigenvalue weighted by Gasteiger charge is -2.48. The molecule has 1 amide bonds. The van der Waals surface area contributed by atoms with Gasteiger partial charge in [-0.25, -0.2) is 0 Å². The number of unbranched alkanes of at least 4 members (excludes halogenated alkanes) is 49. The first-order valence-corrected chi connectivity index (χ1v) is 47.3. The average Bonchev–Trinajstić information content (AvgIpc) is 0.779. The molecule has 17 atom stereocenters. The number of ether oxygens (including phenoxy) is 6. The second kappa shape index (κ2) is 74.8. The summed E-state index contributed by atoms with van der Waals surface area (Å²) in [6.07, 6.45) is 76.2. The van der Waals surface area contributed by atoms with Crippen LogP contribution in [0.2, 0.25) is 0 Å². The molecular weight excluding hydrogens is 1460 g/mol. The van der Waals surface area contributed by atoms with Crippen molar-refractivity contribution in [3.8, 4) is 0 Å². The number of nitrogens with one attached hydrogen (secondary N) is 1. The van der Waals surface area contributed by atoms with Crippen LogP contribution in [0.4, 0.5) is 0 Å². The number of amides is 1. The van der Waals surface area contributed by atoms with E-state index >= 15 is 0 Å². The zero-order chi connectivity index (χ0) is 83.1. The Morgan fingerprint density at radius 2 is 0.609 bits per heavy atom. The fourth-order valence-electron chi connectivity index (χ4n) is 15.7. The van der Waals surface area contributed by atoms with Crippen LogP contribution in [-0.4, -0.2) is 193 Å². The van der Waals surface area contributed by atoms with Crippen LogP contribution < -0.4 is 5.32 Å². The van der Waals surface area contributed by atoms with Crippen LogP contribution in [0.3, 0.4) is 0 Å². The zero-order valence-electron chi connectivity index (χ0n) is 72.5. The number of aliphatic hydroxyl groups is 11. The summed E-state index contributed by atoms with van der Waals surface area (Å²) >= 11 is 0. The van der Waals surface area contributed by atoms with E-state index < -0.39 is 124 Å². The van der Waals surface area contributed by atoms with Gasteiger partial charge in [-0.2, -0.15) is 0 Å². The van der Waals surface area contributed by atoms with Crippen molar-refractivity contribution in [3.05, 3.63) is 85.1 Å². The van der Waals surface area contributed by atoms with Gasteiger partial charge >= 0.3 is 0 Å². The van der Waals surface area contributed by atoms with Crippen molar-refractivity contribution in [2.45, 2.75) is 491 Å². The van der Waals surface area contributed by atoms with E-state index in [1.54, 1.807) is 6.08 Å². The van der Waals surface area contributed by atoms with Gasteiger partial charge in [0.15, 0.2) is 18.9 Å². The Bertz CT molecular complexity index is 2400. The van der Waals surface area contributed by atoms with Gasteiger partial charge in [-0.3, -0.25) is 4.79 Å². The molecule has 0 spiro atoms. The third-order valence-electron chi connectivity index (χ3n) is 23.2. The molecule has 0 aliphatic carbocycles. The molecule has 115 heavy (non-hydrogen) atoms. The lowest BCUT2D eigenvalue weighted by atomic mass is 9.96. The predicted molar refractivity (Wildman–Crippen MR) is 466 cm³/mol. The van der Waals surface area contributed by atoms with E-state index in [1.165, 1.54) is 283 Å². The molecule has 3 heterocycles. The number of aliphatic hydroxyl groups excluding tert-OH is 11. The molecule has 3 rings (SSSR count). The van der Waals surface area contributed by atoms with E-state index in [2.05, 4.69) is 92.1 Å². The fourth-order valence-corrected chi connectivity index (χ4v) is 15.7. The summed E-state index contributed by atoms with van der Waals surface area (Å²) in [4.78, 5) is 13.5. The van der Waals surface area contributed by atoms with E-state index in [-0.39, 0.29) is 18.9 Å². The first-order valence-electron chi connectivity index (χ1n) is 47.3. The van der Waals surface area contributed by atoms with Crippen molar-refractivity contribution in [1.82, 2.24) is 5.32 Å². The maximum atomic E-state index is 13.5. The van der Waals surface area contributed by atoms with Gasteiger partial charge in [0, 0.05) is 6.42 Å². The van der Waals surface area contributed by atoms with Crippen LogP contribution in [-0.2, 0) is 33.2 Å². The third kappa shape index (κ3) is 52.8. The molecule has 0 aromatic carbocycles. The highest BCUT2D eigenvalue weighted by atomic mass is 16.8. The molecule has 3 aliphatic rings. The standard InChI is InChI=1S/C96H173NO18/c1-3-5-7-9-11-13-15-17-19-21-23-25-27-29-31-33-35-36-37-38-39-40-41-42-44-46-48-50-52-54-56-58-60-62-64-66-68-70-72-74-84(102)97-79(80(101)73-71-69-67-65-63-61-59-57-55-53-51-49-47-45-43-34-32-30-28-26-24-22-20-18-16-14-12-10-8-6-4-2)78-110-94-90(108)87(105)92(82(76-99)112-94)115-96-91(109)88(106)93(83(77-100)113-96)114-95-89(107)86(104)85(103)81(75-98)111-95/h5,7,11,13,17,19,23,25,55,57,63,65,71,73,79-83,85-96,98-101,103-109H,3-4,6,8-10,12,14-16,18,20-22,24,26-54,56,58-62,64,66-70,72,74-78H2,1-2H3,(H,97,102)/b7-5-,13-11-,19-17-,25-23-,57-55+,65-63+,73-71+. The highest BCUT2D eigenvalue weighted by molar-refractivity contribution is 5.76. The minimum atomic E-state index is -1.99. The van der Waals surface area contributed by atoms with E-state index in [9.17, 15) is 61.0 Å². The molecule has 0 aromatic rings. The van der Waals surface area contributed by atoms with Crippen molar-refractivity contribution in [1.29, 1.82) is 0 Å². The van der Waals surface area contributed by atoms with Gasteiger partial charge in [0.2, 0.25) is 5.91 Å². The summed E-state index contributed by atoms with van der Waals surface area (Å²) < 4.78 is 34.5. The number of allylic oxidation sites excluding steroid dienone is 13. The number of carbonyl (C=O) groups excluding carboxylic acids is 1. The number of hydrogen-bond donors (Lipinski definition) is 12. The molecule has 17 unspecified atom stereocenters. The molecule has 19 heteroatoms. The number of carbonyl (C=O) groups is 1. The summed E-state index contributed by atoms with van der Waals surface area (Å²) in [7, 11) is 0. The first kappa shape index (κ1) is 106. The van der Waals surface area contributed by atoms with Crippen LogP contribution in [0, 0.1) is 0 Å². The lowest BCUT2D eigenvalue weighted by Crippen LogP contribution is -2.66. The minimum absolute atomic E-state index is 0.233. The molecule has 0 radical (unpaired) electrons. The second-order valence-electron chi connectivity index (χ2n) is 33.4.